The van der Waals surface area contributed by atoms with E-state index in [0.29, 0.717) is 17.9 Å². The van der Waals surface area contributed by atoms with E-state index in [1.54, 1.807) is 6.07 Å². The predicted octanol–water partition coefficient (Wildman–Crippen LogP) is 3.13. The van der Waals surface area contributed by atoms with Crippen LogP contribution in [0.2, 0.25) is 0 Å². The maximum atomic E-state index is 13.4. The third-order valence-electron chi connectivity index (χ3n) is 3.21. The summed E-state index contributed by atoms with van der Waals surface area (Å²) in [5.74, 6) is -0.856. The molecule has 2 atom stereocenters. The molecule has 1 nitrogen and oxygen atoms in total. The zero-order valence-electron chi connectivity index (χ0n) is 10.0. The molecule has 1 aromatic carbocycles. The van der Waals surface area contributed by atoms with Crippen LogP contribution in [0.1, 0.15) is 26.3 Å². The predicted molar refractivity (Wildman–Crippen MR) is 62.0 cm³/mol. The zero-order valence-corrected chi connectivity index (χ0v) is 10.0. The first-order valence-corrected chi connectivity index (χ1v) is 5.62. The molecule has 90 valence electrons. The Kier molecular flexibility index (Phi) is 4.42. The quantitative estimate of drug-likeness (QED) is 0.840. The molecule has 0 heterocycles. The van der Waals surface area contributed by atoms with Gasteiger partial charge in [-0.25, -0.2) is 8.78 Å². The summed E-state index contributed by atoms with van der Waals surface area (Å²) in [6, 6.07) is 4.08. The van der Waals surface area contributed by atoms with Crippen molar-refractivity contribution in [3.8, 4) is 0 Å². The molecule has 0 aliphatic rings. The lowest BCUT2D eigenvalue weighted by Gasteiger charge is -2.23. The molecule has 2 N–H and O–H groups in total. The minimum absolute atomic E-state index is 0.142. The van der Waals surface area contributed by atoms with E-state index < -0.39 is 11.6 Å². The third kappa shape index (κ3) is 3.01. The van der Waals surface area contributed by atoms with Crippen molar-refractivity contribution in [3.63, 3.8) is 0 Å². The number of benzene rings is 1. The summed E-state index contributed by atoms with van der Waals surface area (Å²) in [5, 5.41) is 0. The second kappa shape index (κ2) is 5.39. The third-order valence-corrected chi connectivity index (χ3v) is 3.21. The number of nitrogens with two attached hydrogens (primary N) is 1. The maximum Gasteiger partial charge on any atom is 0.162 e. The molecule has 0 spiro atoms. The Balaban J connectivity index is 2.77. The van der Waals surface area contributed by atoms with Crippen LogP contribution in [0.3, 0.4) is 0 Å². The largest absolute Gasteiger partial charge is 0.327 e. The van der Waals surface area contributed by atoms with Gasteiger partial charge in [-0.2, -0.15) is 0 Å². The summed E-state index contributed by atoms with van der Waals surface area (Å²) in [4.78, 5) is 0. The van der Waals surface area contributed by atoms with E-state index in [4.69, 9.17) is 5.73 Å². The van der Waals surface area contributed by atoms with Gasteiger partial charge in [0.25, 0.3) is 0 Å². The summed E-state index contributed by atoms with van der Waals surface area (Å²) in [6.45, 7) is 6.19. The lowest BCUT2D eigenvalue weighted by atomic mass is 9.87. The van der Waals surface area contributed by atoms with Gasteiger partial charge in [-0.15, -0.1) is 0 Å². The number of halogens is 2. The van der Waals surface area contributed by atoms with E-state index in [1.807, 2.05) is 6.92 Å². The summed E-state index contributed by atoms with van der Waals surface area (Å²) in [7, 11) is 0. The molecule has 0 saturated carbocycles. The Morgan fingerprint density at radius 2 is 1.81 bits per heavy atom. The second-order valence-electron chi connectivity index (χ2n) is 4.68. The molecule has 0 aliphatic carbocycles. The monoisotopic (exact) mass is 227 g/mol. The van der Waals surface area contributed by atoms with Crippen LogP contribution >= 0.6 is 0 Å². The topological polar surface area (TPSA) is 26.0 Å². The van der Waals surface area contributed by atoms with Crippen molar-refractivity contribution in [2.45, 2.75) is 33.2 Å². The summed E-state index contributed by atoms with van der Waals surface area (Å²) >= 11 is 0. The highest BCUT2D eigenvalue weighted by molar-refractivity contribution is 5.20. The van der Waals surface area contributed by atoms with E-state index in [-0.39, 0.29) is 12.0 Å². The van der Waals surface area contributed by atoms with Gasteiger partial charge < -0.3 is 5.73 Å². The van der Waals surface area contributed by atoms with Crippen LogP contribution in [-0.2, 0) is 6.42 Å². The van der Waals surface area contributed by atoms with Crippen LogP contribution in [0.4, 0.5) is 8.78 Å². The first-order valence-electron chi connectivity index (χ1n) is 5.62. The zero-order chi connectivity index (χ0) is 12.3. The van der Waals surface area contributed by atoms with Crippen molar-refractivity contribution < 1.29 is 8.78 Å². The van der Waals surface area contributed by atoms with E-state index >= 15 is 0 Å². The average Bonchev–Trinajstić information content (AvgIpc) is 2.23. The van der Waals surface area contributed by atoms with Crippen LogP contribution in [-0.4, -0.2) is 6.04 Å². The molecule has 16 heavy (non-hydrogen) atoms. The SMILES string of the molecule is CC(C)C(C)C(N)Cc1cccc(F)c1F. The van der Waals surface area contributed by atoms with Crippen molar-refractivity contribution in [1.29, 1.82) is 0 Å². The number of rotatable bonds is 4. The standard InChI is InChI=1S/C13H19F2N/c1-8(2)9(3)12(16)7-10-5-4-6-11(14)13(10)15/h4-6,8-9,12H,7,16H2,1-3H3. The lowest BCUT2D eigenvalue weighted by molar-refractivity contribution is 0.341. The van der Waals surface area contributed by atoms with Gasteiger partial charge in [-0.3, -0.25) is 0 Å². The summed E-state index contributed by atoms with van der Waals surface area (Å²) in [6.07, 6.45) is 0.378. The minimum atomic E-state index is -0.804. The van der Waals surface area contributed by atoms with Gasteiger partial charge in [0, 0.05) is 6.04 Å². The normalized spacial score (nSPS) is 15.2. The van der Waals surface area contributed by atoms with E-state index in [0.717, 1.165) is 6.07 Å². The Morgan fingerprint density at radius 1 is 1.19 bits per heavy atom. The van der Waals surface area contributed by atoms with Gasteiger partial charge in [-0.1, -0.05) is 32.9 Å². The Bertz CT molecular complexity index is 350. The van der Waals surface area contributed by atoms with Gasteiger partial charge in [0.15, 0.2) is 11.6 Å². The molecule has 0 aromatic heterocycles. The molecule has 0 saturated heterocycles. The molecule has 1 rings (SSSR count). The minimum Gasteiger partial charge on any atom is -0.327 e. The van der Waals surface area contributed by atoms with Crippen molar-refractivity contribution >= 4 is 0 Å². The fraction of sp³-hybridized carbons (Fsp3) is 0.538. The van der Waals surface area contributed by atoms with Crippen LogP contribution < -0.4 is 5.73 Å². The van der Waals surface area contributed by atoms with E-state index in [9.17, 15) is 8.78 Å². The summed E-state index contributed by atoms with van der Waals surface area (Å²) in [5.41, 5.74) is 6.34. The van der Waals surface area contributed by atoms with Gasteiger partial charge in [0.1, 0.15) is 0 Å². The lowest BCUT2D eigenvalue weighted by Crippen LogP contribution is -2.33. The smallest absolute Gasteiger partial charge is 0.162 e. The van der Waals surface area contributed by atoms with Gasteiger partial charge in [-0.05, 0) is 29.9 Å². The van der Waals surface area contributed by atoms with Crippen LogP contribution in [0.5, 0.6) is 0 Å². The number of hydrogen-bond donors (Lipinski definition) is 1. The van der Waals surface area contributed by atoms with E-state index in [2.05, 4.69) is 13.8 Å². The molecule has 3 heteroatoms. The Morgan fingerprint density at radius 3 is 2.38 bits per heavy atom. The molecule has 2 unspecified atom stereocenters. The highest BCUT2D eigenvalue weighted by atomic mass is 19.2. The van der Waals surface area contributed by atoms with Gasteiger partial charge in [0.2, 0.25) is 0 Å². The van der Waals surface area contributed by atoms with Crippen LogP contribution in [0.15, 0.2) is 18.2 Å². The molecule has 1 aromatic rings. The first-order chi connectivity index (χ1) is 7.43. The van der Waals surface area contributed by atoms with Crippen molar-refractivity contribution in [1.82, 2.24) is 0 Å². The molecular weight excluding hydrogens is 208 g/mol. The van der Waals surface area contributed by atoms with Crippen molar-refractivity contribution in [2.24, 2.45) is 17.6 Å². The maximum absolute atomic E-state index is 13.4. The first kappa shape index (κ1) is 13.1. The highest BCUT2D eigenvalue weighted by Gasteiger charge is 2.18. The molecule has 0 radical (unpaired) electrons. The molecule has 0 amide bonds. The van der Waals surface area contributed by atoms with Crippen LogP contribution in [0.25, 0.3) is 0 Å². The fourth-order valence-corrected chi connectivity index (χ4v) is 1.64. The van der Waals surface area contributed by atoms with Gasteiger partial charge in [0.05, 0.1) is 0 Å². The average molecular weight is 227 g/mol. The molecule has 0 aliphatic heterocycles. The fourth-order valence-electron chi connectivity index (χ4n) is 1.64. The Labute approximate surface area is 95.7 Å². The second-order valence-corrected chi connectivity index (χ2v) is 4.68. The molecular formula is C13H19F2N. The Hall–Kier alpha value is -0.960. The molecule has 0 bridgehead atoms. The number of hydrogen-bond acceptors (Lipinski definition) is 1. The highest BCUT2D eigenvalue weighted by Crippen LogP contribution is 2.19. The van der Waals surface area contributed by atoms with Crippen molar-refractivity contribution in [3.05, 3.63) is 35.4 Å². The van der Waals surface area contributed by atoms with E-state index in [1.165, 1.54) is 6.07 Å². The van der Waals surface area contributed by atoms with Crippen LogP contribution in [0, 0.1) is 23.5 Å². The summed E-state index contributed by atoms with van der Waals surface area (Å²) < 4.78 is 26.4. The molecule has 0 fully saturated rings. The van der Waals surface area contributed by atoms with Crippen molar-refractivity contribution in [2.75, 3.05) is 0 Å². The van der Waals surface area contributed by atoms with Gasteiger partial charge >= 0.3 is 0 Å².